The molecular weight excluding hydrogens is 857 g/mol. The molecule has 22 nitrogen and oxygen atoms in total. The highest BCUT2D eigenvalue weighted by atomic mass is 32.2. The van der Waals surface area contributed by atoms with Crippen molar-refractivity contribution in [3.05, 3.63) is 0 Å². The van der Waals surface area contributed by atoms with Crippen LogP contribution in [0, 0.1) is 5.92 Å². The monoisotopic (exact) mass is 916 g/mol. The molecule has 0 aromatic heterocycles. The van der Waals surface area contributed by atoms with Crippen molar-refractivity contribution in [3.8, 4) is 0 Å². The SMILES string of the molecule is CCNC(=O)OCC(COC(=O)NCC)OCCCC(=O)C(CC(=O)NCCNC(=O)CCN1C(=O)CC(SC)C1=O)CC(=O)NCCNC(=O)CCN1C(=O)CC(SC)C1=O. The van der Waals surface area contributed by atoms with Crippen LogP contribution in [0.25, 0.3) is 0 Å². The van der Waals surface area contributed by atoms with E-state index in [1.807, 2.05) is 0 Å². The normalized spacial score (nSPS) is 16.5. The van der Waals surface area contributed by atoms with Crippen LogP contribution in [-0.2, 0) is 57.4 Å². The molecule has 24 heteroatoms. The number of ether oxygens (including phenoxy) is 3. The molecule has 2 atom stereocenters. The average molecular weight is 917 g/mol. The van der Waals surface area contributed by atoms with Gasteiger partial charge >= 0.3 is 12.2 Å². The van der Waals surface area contributed by atoms with Crippen molar-refractivity contribution in [1.82, 2.24) is 41.7 Å². The summed E-state index contributed by atoms with van der Waals surface area (Å²) in [5, 5.41) is 14.4. The second-order valence-corrected chi connectivity index (χ2v) is 16.0. The molecule has 0 saturated carbocycles. The number of Topliss-reactive ketones (excluding diaryl/α,β-unsaturated/α-hetero) is 1. The Bertz CT molecular complexity index is 1500. The van der Waals surface area contributed by atoms with Crippen molar-refractivity contribution in [1.29, 1.82) is 0 Å². The van der Waals surface area contributed by atoms with Crippen LogP contribution >= 0.6 is 23.5 Å². The number of alkyl carbamates (subject to hydrolysis) is 2. The number of carbonyl (C=O) groups excluding carboxylic acids is 11. The molecule has 0 bridgehead atoms. The maximum Gasteiger partial charge on any atom is 0.407 e. The first-order valence-electron chi connectivity index (χ1n) is 20.4. The fourth-order valence-corrected chi connectivity index (χ4v) is 7.30. The van der Waals surface area contributed by atoms with Crippen LogP contribution in [0.3, 0.4) is 0 Å². The number of rotatable bonds is 30. The predicted molar refractivity (Wildman–Crippen MR) is 225 cm³/mol. The number of hydrogen-bond acceptors (Lipinski definition) is 16. The fourth-order valence-electron chi connectivity index (χ4n) is 6.02. The zero-order valence-electron chi connectivity index (χ0n) is 35.7. The molecule has 2 saturated heterocycles. The van der Waals surface area contributed by atoms with Crippen LogP contribution in [0.15, 0.2) is 0 Å². The summed E-state index contributed by atoms with van der Waals surface area (Å²) in [5.41, 5.74) is 0. The Morgan fingerprint density at radius 1 is 0.613 bits per heavy atom. The van der Waals surface area contributed by atoms with Crippen LogP contribution in [0.2, 0.25) is 0 Å². The lowest BCUT2D eigenvalue weighted by molar-refractivity contribution is -0.140. The zero-order valence-corrected chi connectivity index (χ0v) is 37.3. The third kappa shape index (κ3) is 19.8. The molecule has 0 spiro atoms. The van der Waals surface area contributed by atoms with E-state index in [-0.39, 0.29) is 134 Å². The van der Waals surface area contributed by atoms with E-state index in [0.29, 0.717) is 13.1 Å². The van der Waals surface area contributed by atoms with Gasteiger partial charge in [0, 0.05) is 110 Å². The maximum atomic E-state index is 13.4. The molecule has 6 N–H and O–H groups in total. The molecule has 0 aliphatic carbocycles. The van der Waals surface area contributed by atoms with Gasteiger partial charge in [-0.25, -0.2) is 9.59 Å². The van der Waals surface area contributed by atoms with Gasteiger partial charge in [-0.3, -0.25) is 53.0 Å². The molecule has 348 valence electrons. The Morgan fingerprint density at radius 2 is 1.02 bits per heavy atom. The topological polar surface area (TPSA) is 294 Å². The number of nitrogens with one attached hydrogen (secondary N) is 6. The number of thioether (sulfide) groups is 2. The number of carbonyl (C=O) groups is 11. The quantitative estimate of drug-likeness (QED) is 0.0366. The first-order valence-corrected chi connectivity index (χ1v) is 23.0. The molecule has 2 unspecified atom stereocenters. The van der Waals surface area contributed by atoms with E-state index < -0.39 is 64.1 Å². The van der Waals surface area contributed by atoms with Gasteiger partial charge in [0.15, 0.2) is 0 Å². The van der Waals surface area contributed by atoms with Crippen LogP contribution in [0.5, 0.6) is 0 Å². The second kappa shape index (κ2) is 29.4. The lowest BCUT2D eigenvalue weighted by Crippen LogP contribution is -2.39. The fraction of sp³-hybridized carbons (Fsp3) is 0.711. The summed E-state index contributed by atoms with van der Waals surface area (Å²) in [5.74, 6) is -4.87. The van der Waals surface area contributed by atoms with Crippen molar-refractivity contribution < 1.29 is 67.0 Å². The molecule has 0 radical (unpaired) electrons. The van der Waals surface area contributed by atoms with Crippen molar-refractivity contribution in [2.24, 2.45) is 5.92 Å². The van der Waals surface area contributed by atoms with Crippen LogP contribution < -0.4 is 31.9 Å². The van der Waals surface area contributed by atoms with E-state index in [9.17, 15) is 52.7 Å². The number of hydrogen-bond donors (Lipinski definition) is 6. The third-order valence-corrected chi connectivity index (χ3v) is 11.2. The maximum absolute atomic E-state index is 13.4. The summed E-state index contributed by atoms with van der Waals surface area (Å²) in [6.45, 7) is 3.38. The molecule has 62 heavy (non-hydrogen) atoms. The van der Waals surface area contributed by atoms with Crippen molar-refractivity contribution in [2.75, 3.05) is 84.7 Å². The predicted octanol–water partition coefficient (Wildman–Crippen LogP) is -1.16. The second-order valence-electron chi connectivity index (χ2n) is 13.9. The van der Waals surface area contributed by atoms with Gasteiger partial charge in [0.1, 0.15) is 25.1 Å². The highest BCUT2D eigenvalue weighted by Crippen LogP contribution is 2.24. The molecule has 2 aliphatic heterocycles. The average Bonchev–Trinajstić information content (AvgIpc) is 3.68. The standard InChI is InChI=1S/C38H60N8O14S2/c1-5-39-37(56)59-22-25(23-60-38(57)40-6-2)58-17-7-8-26(47)24(18-31(50)43-13-11-41-29(48)9-15-45-33(52)20-27(61-3)35(45)54)19-32(51)44-14-12-42-30(49)10-16-46-34(53)21-28(62-4)36(46)55/h24-25,27-28H,5-23H2,1-4H3,(H,39,56)(H,40,57)(H,41,48)(H,42,49)(H,43,50)(H,44,51). The molecule has 0 aromatic rings. The van der Waals surface area contributed by atoms with Crippen LogP contribution in [-0.4, -0.2) is 176 Å². The van der Waals surface area contributed by atoms with Gasteiger partial charge in [-0.2, -0.15) is 23.5 Å². The Hall–Kier alpha value is -4.97. The van der Waals surface area contributed by atoms with E-state index in [0.717, 1.165) is 9.80 Å². The van der Waals surface area contributed by atoms with Gasteiger partial charge in [-0.15, -0.1) is 0 Å². The Labute approximate surface area is 368 Å². The van der Waals surface area contributed by atoms with E-state index in [1.165, 1.54) is 23.5 Å². The summed E-state index contributed by atoms with van der Waals surface area (Å²) in [4.78, 5) is 139. The Morgan fingerprint density at radius 3 is 1.39 bits per heavy atom. The number of imide groups is 2. The number of nitrogens with zero attached hydrogens (tertiary/aromatic N) is 2. The minimum atomic E-state index is -1.07. The molecule has 10 amide bonds. The van der Waals surface area contributed by atoms with E-state index >= 15 is 0 Å². The van der Waals surface area contributed by atoms with Crippen LogP contribution in [0.4, 0.5) is 9.59 Å². The highest BCUT2D eigenvalue weighted by Gasteiger charge is 2.39. The van der Waals surface area contributed by atoms with E-state index in [4.69, 9.17) is 14.2 Å². The lowest BCUT2D eigenvalue weighted by Gasteiger charge is -2.19. The minimum Gasteiger partial charge on any atom is -0.447 e. The van der Waals surface area contributed by atoms with Gasteiger partial charge in [0.05, 0.1) is 10.5 Å². The van der Waals surface area contributed by atoms with Gasteiger partial charge < -0.3 is 46.1 Å². The summed E-state index contributed by atoms with van der Waals surface area (Å²) < 4.78 is 15.9. The van der Waals surface area contributed by atoms with Gasteiger partial charge in [-0.1, -0.05) is 0 Å². The molecule has 2 heterocycles. The molecule has 2 fully saturated rings. The first-order chi connectivity index (χ1) is 29.6. The zero-order chi connectivity index (χ0) is 46.0. The van der Waals surface area contributed by atoms with Crippen molar-refractivity contribution >= 4 is 88.8 Å². The van der Waals surface area contributed by atoms with Crippen LogP contribution in [0.1, 0.15) is 65.2 Å². The van der Waals surface area contributed by atoms with Gasteiger partial charge in [-0.05, 0) is 32.8 Å². The number of ketones is 1. The van der Waals surface area contributed by atoms with Crippen molar-refractivity contribution in [3.63, 3.8) is 0 Å². The summed E-state index contributed by atoms with van der Waals surface area (Å²) in [7, 11) is 0. The molecular formula is C38H60N8O14S2. The molecule has 2 aliphatic rings. The molecule has 2 rings (SSSR count). The van der Waals surface area contributed by atoms with Gasteiger partial charge in [0.25, 0.3) is 0 Å². The Balaban J connectivity index is 1.90. The number of amides is 10. The highest BCUT2D eigenvalue weighted by molar-refractivity contribution is 8.00. The third-order valence-electron chi connectivity index (χ3n) is 9.32. The smallest absolute Gasteiger partial charge is 0.407 e. The largest absolute Gasteiger partial charge is 0.447 e. The van der Waals surface area contributed by atoms with Crippen molar-refractivity contribution in [2.45, 2.75) is 81.8 Å². The lowest BCUT2D eigenvalue weighted by atomic mass is 9.92. The first kappa shape index (κ1) is 53.2. The minimum absolute atomic E-state index is 0.0137. The summed E-state index contributed by atoms with van der Waals surface area (Å²) in [6, 6.07) is 0. The summed E-state index contributed by atoms with van der Waals surface area (Å²) >= 11 is 2.54. The van der Waals surface area contributed by atoms with E-state index in [2.05, 4.69) is 31.9 Å². The van der Waals surface area contributed by atoms with E-state index in [1.54, 1.807) is 26.4 Å². The molecule has 0 aromatic carbocycles. The summed E-state index contributed by atoms with van der Waals surface area (Å²) in [6.07, 6.45) is 0.411. The number of likely N-dealkylation sites (tertiary alicyclic amines) is 2. The Kier molecular flexibility index (Phi) is 25.2. The van der Waals surface area contributed by atoms with Gasteiger partial charge in [0.2, 0.25) is 47.3 Å².